The Kier molecular flexibility index (Phi) is 5.98. The molecule has 0 amide bonds. The summed E-state index contributed by atoms with van der Waals surface area (Å²) in [5, 5.41) is 10.1. The number of pyridine rings is 1. The highest BCUT2D eigenvalue weighted by Crippen LogP contribution is 2.21. The fourth-order valence-electron chi connectivity index (χ4n) is 3.30. The molecule has 3 rings (SSSR count). The molecule has 1 aromatic heterocycles. The number of fused-ring (bicyclic) bond motifs is 1. The average molecular weight is 401 g/mol. The van der Waals surface area contributed by atoms with E-state index < -0.39 is 10.0 Å². The fraction of sp³-hybridized carbons (Fsp3) is 0.286. The lowest BCUT2D eigenvalue weighted by molar-refractivity contribution is 0.267. The summed E-state index contributed by atoms with van der Waals surface area (Å²) >= 11 is 0. The number of rotatable bonds is 7. The van der Waals surface area contributed by atoms with Crippen molar-refractivity contribution in [2.45, 2.75) is 31.7 Å². The minimum Gasteiger partial charge on any atom is -0.396 e. The van der Waals surface area contributed by atoms with Crippen molar-refractivity contribution in [1.82, 2.24) is 9.29 Å². The Hall–Kier alpha value is -2.48. The Balaban J connectivity index is 2.04. The fourth-order valence-corrected chi connectivity index (χ4v) is 4.77. The van der Waals surface area contributed by atoms with Crippen LogP contribution >= 0.6 is 0 Å². The molecule has 1 heterocycles. The first-order valence-electron chi connectivity index (χ1n) is 9.12. The number of H-pyrrole nitrogens is 1. The number of nitrogens with zero attached hydrogens (tertiary/aromatic N) is 1. The van der Waals surface area contributed by atoms with Gasteiger partial charge in [0, 0.05) is 36.2 Å². The quantitative estimate of drug-likeness (QED) is 0.638. The molecule has 0 spiro atoms. The van der Waals surface area contributed by atoms with Gasteiger partial charge < -0.3 is 10.1 Å². The maximum absolute atomic E-state index is 13.1. The molecular formula is C21H24N2O4S. The molecule has 0 fully saturated rings. The molecule has 2 N–H and O–H groups in total. The summed E-state index contributed by atoms with van der Waals surface area (Å²) in [4.78, 5) is 15.6. The molecule has 7 heteroatoms. The Morgan fingerprint density at radius 1 is 1.07 bits per heavy atom. The van der Waals surface area contributed by atoms with E-state index in [9.17, 15) is 18.3 Å². The van der Waals surface area contributed by atoms with Crippen LogP contribution in [0.4, 0.5) is 0 Å². The van der Waals surface area contributed by atoms with E-state index in [4.69, 9.17) is 0 Å². The molecule has 2 aromatic carbocycles. The van der Waals surface area contributed by atoms with Crippen molar-refractivity contribution >= 4 is 20.9 Å². The second-order valence-corrected chi connectivity index (χ2v) is 8.83. The minimum absolute atomic E-state index is 0.0597. The van der Waals surface area contributed by atoms with E-state index in [0.29, 0.717) is 5.56 Å². The summed E-state index contributed by atoms with van der Waals surface area (Å²) in [7, 11) is -3.79. The normalized spacial score (nSPS) is 12.0. The lowest BCUT2D eigenvalue weighted by atomic mass is 10.0. The van der Waals surface area contributed by atoms with Gasteiger partial charge in [0.1, 0.15) is 0 Å². The molecule has 6 nitrogen and oxygen atoms in total. The van der Waals surface area contributed by atoms with Crippen molar-refractivity contribution < 1.29 is 13.5 Å². The molecule has 0 radical (unpaired) electrons. The van der Waals surface area contributed by atoms with Crippen molar-refractivity contribution in [3.05, 3.63) is 75.6 Å². The molecule has 0 aliphatic rings. The highest BCUT2D eigenvalue weighted by Gasteiger charge is 2.25. The van der Waals surface area contributed by atoms with Crippen molar-refractivity contribution in [2.24, 2.45) is 0 Å². The van der Waals surface area contributed by atoms with Gasteiger partial charge in [-0.1, -0.05) is 24.3 Å². The Bertz CT molecular complexity index is 1140. The van der Waals surface area contributed by atoms with Gasteiger partial charge in [-0.05, 0) is 55.7 Å². The zero-order valence-electron chi connectivity index (χ0n) is 16.0. The lowest BCUT2D eigenvalue weighted by Crippen LogP contribution is -2.34. The third kappa shape index (κ3) is 4.16. The van der Waals surface area contributed by atoms with E-state index in [1.165, 1.54) is 16.4 Å². The van der Waals surface area contributed by atoms with Crippen molar-refractivity contribution in [3.63, 3.8) is 0 Å². The van der Waals surface area contributed by atoms with E-state index in [1.54, 1.807) is 24.3 Å². The molecule has 0 aliphatic heterocycles. The van der Waals surface area contributed by atoms with Crippen LogP contribution in [0.2, 0.25) is 0 Å². The summed E-state index contributed by atoms with van der Waals surface area (Å²) in [5.74, 6) is 0. The first kappa shape index (κ1) is 20.3. The van der Waals surface area contributed by atoms with E-state index in [0.717, 1.165) is 22.0 Å². The van der Waals surface area contributed by atoms with Gasteiger partial charge in [0.2, 0.25) is 10.0 Å². The smallest absolute Gasteiger partial charge is 0.252 e. The number of aliphatic hydroxyl groups excluding tert-OH is 1. The van der Waals surface area contributed by atoms with Gasteiger partial charge in [0.15, 0.2) is 0 Å². The van der Waals surface area contributed by atoms with E-state index >= 15 is 0 Å². The summed E-state index contributed by atoms with van der Waals surface area (Å²) in [6, 6.07) is 13.8. The van der Waals surface area contributed by atoms with Gasteiger partial charge >= 0.3 is 0 Å². The molecule has 0 unspecified atom stereocenters. The monoisotopic (exact) mass is 400 g/mol. The highest BCUT2D eigenvalue weighted by atomic mass is 32.2. The van der Waals surface area contributed by atoms with Crippen molar-refractivity contribution in [3.8, 4) is 0 Å². The van der Waals surface area contributed by atoms with Crippen LogP contribution in [0.1, 0.15) is 23.1 Å². The summed E-state index contributed by atoms with van der Waals surface area (Å²) in [5.41, 5.74) is 2.86. The number of benzene rings is 2. The number of hydrogen-bond acceptors (Lipinski definition) is 4. The second-order valence-electron chi connectivity index (χ2n) is 6.90. The van der Waals surface area contributed by atoms with Gasteiger partial charge in [0.25, 0.3) is 5.56 Å². The largest absolute Gasteiger partial charge is 0.396 e. The lowest BCUT2D eigenvalue weighted by Gasteiger charge is -2.22. The number of hydrogen-bond donors (Lipinski definition) is 2. The SMILES string of the molecule is Cc1cc(C)c2cc(CN(CCCO)S(=O)(=O)c3ccccc3)c(=O)[nH]c2c1. The van der Waals surface area contributed by atoms with Crippen LogP contribution in [0.15, 0.2) is 58.2 Å². The summed E-state index contributed by atoms with van der Waals surface area (Å²) < 4.78 is 27.4. The standard InChI is InChI=1S/C21H24N2O4S/c1-15-11-16(2)19-13-17(21(25)22-20(19)12-15)14-23(9-6-10-24)28(26,27)18-7-4-3-5-8-18/h3-5,7-8,11-13,24H,6,9-10,14H2,1-2H3,(H,22,25). The van der Waals surface area contributed by atoms with Gasteiger partial charge in [-0.2, -0.15) is 4.31 Å². The van der Waals surface area contributed by atoms with E-state index in [1.807, 2.05) is 26.0 Å². The molecule has 0 saturated heterocycles. The summed E-state index contributed by atoms with van der Waals surface area (Å²) in [6.07, 6.45) is 0.287. The topological polar surface area (TPSA) is 90.5 Å². The van der Waals surface area contributed by atoms with Crippen molar-refractivity contribution in [2.75, 3.05) is 13.2 Å². The molecule has 0 aliphatic carbocycles. The Labute approximate surface area is 164 Å². The minimum atomic E-state index is -3.79. The van der Waals surface area contributed by atoms with Crippen LogP contribution in [0, 0.1) is 13.8 Å². The van der Waals surface area contributed by atoms with Crippen molar-refractivity contribution in [1.29, 1.82) is 0 Å². The molecule has 3 aromatic rings. The van der Waals surface area contributed by atoms with Gasteiger partial charge in [-0.25, -0.2) is 8.42 Å². The number of aromatic nitrogens is 1. The number of sulfonamides is 1. The van der Waals surface area contributed by atoms with E-state index in [-0.39, 0.29) is 36.6 Å². The predicted molar refractivity (Wildman–Crippen MR) is 110 cm³/mol. The Morgan fingerprint density at radius 2 is 1.79 bits per heavy atom. The van der Waals surface area contributed by atoms with Gasteiger partial charge in [-0.15, -0.1) is 0 Å². The maximum atomic E-state index is 13.1. The third-order valence-corrected chi connectivity index (χ3v) is 6.54. The predicted octanol–water partition coefficient (Wildman–Crippen LogP) is 2.72. The van der Waals surface area contributed by atoms with Crippen LogP contribution in [-0.2, 0) is 16.6 Å². The molecule has 0 bridgehead atoms. The van der Waals surface area contributed by atoms with Crippen LogP contribution in [0.5, 0.6) is 0 Å². The highest BCUT2D eigenvalue weighted by molar-refractivity contribution is 7.89. The van der Waals surface area contributed by atoms with Crippen LogP contribution in [0.3, 0.4) is 0 Å². The van der Waals surface area contributed by atoms with Crippen LogP contribution < -0.4 is 5.56 Å². The first-order chi connectivity index (χ1) is 13.3. The number of nitrogens with one attached hydrogen (secondary N) is 1. The zero-order valence-corrected chi connectivity index (χ0v) is 16.8. The van der Waals surface area contributed by atoms with Gasteiger partial charge in [-0.3, -0.25) is 4.79 Å². The maximum Gasteiger partial charge on any atom is 0.252 e. The third-order valence-electron chi connectivity index (χ3n) is 4.68. The summed E-state index contributed by atoms with van der Waals surface area (Å²) in [6.45, 7) is 3.85. The molecule has 148 valence electrons. The van der Waals surface area contributed by atoms with Crippen LogP contribution in [0.25, 0.3) is 10.9 Å². The second kappa shape index (κ2) is 8.26. The average Bonchev–Trinajstić information content (AvgIpc) is 2.66. The number of aromatic amines is 1. The zero-order chi connectivity index (χ0) is 20.3. The Morgan fingerprint density at radius 3 is 2.46 bits per heavy atom. The number of aryl methyl sites for hydroxylation is 2. The molecular weight excluding hydrogens is 376 g/mol. The number of aliphatic hydroxyl groups is 1. The first-order valence-corrected chi connectivity index (χ1v) is 10.6. The van der Waals surface area contributed by atoms with Gasteiger partial charge in [0.05, 0.1) is 4.90 Å². The van der Waals surface area contributed by atoms with Crippen LogP contribution in [-0.4, -0.2) is 36.0 Å². The molecule has 0 saturated carbocycles. The molecule has 0 atom stereocenters. The molecule has 28 heavy (non-hydrogen) atoms. The van der Waals surface area contributed by atoms with E-state index in [2.05, 4.69) is 4.98 Å².